The molecule has 1 heterocycles. The molecule has 1 aliphatic rings. The molecule has 1 aromatic rings. The van der Waals surface area contributed by atoms with Crippen LogP contribution in [0.4, 0.5) is 0 Å². The zero-order chi connectivity index (χ0) is 16.1. The lowest BCUT2D eigenvalue weighted by molar-refractivity contribution is -0.0786. The van der Waals surface area contributed by atoms with E-state index in [1.807, 2.05) is 13.8 Å². The molecule has 1 fully saturated rings. The van der Waals surface area contributed by atoms with E-state index in [9.17, 15) is 9.90 Å². The second kappa shape index (κ2) is 7.72. The Morgan fingerprint density at radius 1 is 1.32 bits per heavy atom. The summed E-state index contributed by atoms with van der Waals surface area (Å²) in [4.78, 5) is 13.4. The van der Waals surface area contributed by atoms with Crippen molar-refractivity contribution in [2.45, 2.75) is 39.1 Å². The lowest BCUT2D eigenvalue weighted by atomic mass is 10.1. The molecule has 0 amide bonds. The number of morpholine rings is 1. The lowest BCUT2D eigenvalue weighted by Gasteiger charge is -2.36. The van der Waals surface area contributed by atoms with Crippen molar-refractivity contribution in [2.24, 2.45) is 0 Å². The van der Waals surface area contributed by atoms with Crippen LogP contribution in [0.3, 0.4) is 0 Å². The minimum absolute atomic E-state index is 0.0298. The third-order valence-corrected chi connectivity index (χ3v) is 3.67. The summed E-state index contributed by atoms with van der Waals surface area (Å²) >= 11 is 0. The molecule has 0 unspecified atom stereocenters. The fourth-order valence-corrected chi connectivity index (χ4v) is 2.76. The molecule has 1 aliphatic heterocycles. The van der Waals surface area contributed by atoms with Crippen molar-refractivity contribution < 1.29 is 19.4 Å². The zero-order valence-corrected chi connectivity index (χ0v) is 13.5. The Kier molecular flexibility index (Phi) is 5.94. The summed E-state index contributed by atoms with van der Waals surface area (Å²) in [6.07, 6.45) is -0.169. The maximum absolute atomic E-state index is 11.2. The van der Waals surface area contributed by atoms with Crippen LogP contribution < -0.4 is 4.74 Å². The second-order valence-corrected chi connectivity index (χ2v) is 6.02. The Morgan fingerprint density at radius 3 is 2.45 bits per heavy atom. The SMILES string of the molecule is CC(=O)c1ccc(OC[C@H](O)CN2C[C@@H](C)O[C@@H](C)C2)cc1. The van der Waals surface area contributed by atoms with Gasteiger partial charge in [-0.3, -0.25) is 9.69 Å². The molecule has 22 heavy (non-hydrogen) atoms. The van der Waals surface area contributed by atoms with Gasteiger partial charge in [-0.15, -0.1) is 0 Å². The fourth-order valence-electron chi connectivity index (χ4n) is 2.76. The number of nitrogens with zero attached hydrogens (tertiary/aromatic N) is 1. The van der Waals surface area contributed by atoms with Crippen LogP contribution in [0, 0.1) is 0 Å². The van der Waals surface area contributed by atoms with Crippen LogP contribution >= 0.6 is 0 Å². The van der Waals surface area contributed by atoms with Crippen molar-refractivity contribution >= 4 is 5.78 Å². The number of rotatable bonds is 6. The summed E-state index contributed by atoms with van der Waals surface area (Å²) in [5.41, 5.74) is 0.657. The van der Waals surface area contributed by atoms with E-state index < -0.39 is 6.10 Å². The summed E-state index contributed by atoms with van der Waals surface area (Å²) in [5.74, 6) is 0.690. The van der Waals surface area contributed by atoms with E-state index in [4.69, 9.17) is 9.47 Å². The quantitative estimate of drug-likeness (QED) is 0.811. The highest BCUT2D eigenvalue weighted by atomic mass is 16.5. The summed E-state index contributed by atoms with van der Waals surface area (Å²) in [6, 6.07) is 6.97. The first kappa shape index (κ1) is 16.9. The predicted octanol–water partition coefficient (Wildman–Crippen LogP) is 1.74. The molecule has 1 saturated heterocycles. The van der Waals surface area contributed by atoms with Gasteiger partial charge in [0.05, 0.1) is 12.2 Å². The molecule has 0 bridgehead atoms. The van der Waals surface area contributed by atoms with Crippen LogP contribution in [0.5, 0.6) is 5.75 Å². The largest absolute Gasteiger partial charge is 0.491 e. The first-order chi connectivity index (χ1) is 10.4. The minimum atomic E-state index is -0.551. The van der Waals surface area contributed by atoms with E-state index in [0.29, 0.717) is 17.9 Å². The highest BCUT2D eigenvalue weighted by Crippen LogP contribution is 2.14. The minimum Gasteiger partial charge on any atom is -0.491 e. The number of aliphatic hydroxyl groups is 1. The lowest BCUT2D eigenvalue weighted by Crippen LogP contribution is -2.48. The summed E-state index contributed by atoms with van der Waals surface area (Å²) in [6.45, 7) is 8.08. The van der Waals surface area contributed by atoms with Gasteiger partial charge in [0.25, 0.3) is 0 Å². The molecular formula is C17H25NO4. The Balaban J connectivity index is 1.77. The van der Waals surface area contributed by atoms with Crippen LogP contribution in [0.1, 0.15) is 31.1 Å². The van der Waals surface area contributed by atoms with Crippen molar-refractivity contribution in [2.75, 3.05) is 26.2 Å². The van der Waals surface area contributed by atoms with E-state index in [-0.39, 0.29) is 24.6 Å². The Bertz CT molecular complexity index is 478. The highest BCUT2D eigenvalue weighted by molar-refractivity contribution is 5.94. The van der Waals surface area contributed by atoms with E-state index in [1.165, 1.54) is 6.92 Å². The van der Waals surface area contributed by atoms with Gasteiger partial charge in [-0.1, -0.05) is 0 Å². The van der Waals surface area contributed by atoms with Crippen LogP contribution in [0.15, 0.2) is 24.3 Å². The van der Waals surface area contributed by atoms with Gasteiger partial charge in [0.2, 0.25) is 0 Å². The first-order valence-electron chi connectivity index (χ1n) is 7.73. The monoisotopic (exact) mass is 307 g/mol. The molecule has 5 heteroatoms. The smallest absolute Gasteiger partial charge is 0.159 e. The standard InChI is InChI=1S/C17H25NO4/c1-12-8-18(9-13(2)22-12)10-16(20)11-21-17-6-4-15(5-7-17)14(3)19/h4-7,12-13,16,20H,8-11H2,1-3H3/t12-,13+,16-/m1/s1. The molecule has 0 saturated carbocycles. The molecule has 0 aliphatic carbocycles. The fraction of sp³-hybridized carbons (Fsp3) is 0.588. The van der Waals surface area contributed by atoms with Gasteiger partial charge >= 0.3 is 0 Å². The number of carbonyl (C=O) groups is 1. The number of hydrogen-bond donors (Lipinski definition) is 1. The second-order valence-electron chi connectivity index (χ2n) is 6.02. The van der Waals surface area contributed by atoms with E-state index in [2.05, 4.69) is 4.90 Å². The molecular weight excluding hydrogens is 282 g/mol. The van der Waals surface area contributed by atoms with E-state index >= 15 is 0 Å². The summed E-state index contributed by atoms with van der Waals surface area (Å²) in [7, 11) is 0. The maximum Gasteiger partial charge on any atom is 0.159 e. The van der Waals surface area contributed by atoms with E-state index in [1.54, 1.807) is 24.3 Å². The number of ether oxygens (including phenoxy) is 2. The number of aliphatic hydroxyl groups excluding tert-OH is 1. The number of β-amino-alcohol motifs (C(OH)–C–C–N with tert-alkyl or cyclic N) is 1. The number of hydrogen-bond acceptors (Lipinski definition) is 5. The van der Waals surface area contributed by atoms with Crippen LogP contribution in [0.2, 0.25) is 0 Å². The van der Waals surface area contributed by atoms with Gasteiger partial charge in [0, 0.05) is 25.2 Å². The Labute approximate surface area is 131 Å². The molecule has 3 atom stereocenters. The normalized spacial score (nSPS) is 24.0. The molecule has 1 N–H and O–H groups in total. The molecule has 5 nitrogen and oxygen atoms in total. The average molecular weight is 307 g/mol. The number of benzene rings is 1. The third kappa shape index (κ3) is 5.09. The maximum atomic E-state index is 11.2. The van der Waals surface area contributed by atoms with Gasteiger partial charge in [-0.05, 0) is 45.0 Å². The van der Waals surface area contributed by atoms with Crippen molar-refractivity contribution in [1.29, 1.82) is 0 Å². The Morgan fingerprint density at radius 2 is 1.91 bits per heavy atom. The van der Waals surface area contributed by atoms with Gasteiger partial charge in [-0.2, -0.15) is 0 Å². The number of Topliss-reactive ketones (excluding diaryl/α,β-unsaturated/α-hetero) is 1. The van der Waals surface area contributed by atoms with Crippen molar-refractivity contribution in [3.8, 4) is 5.75 Å². The topological polar surface area (TPSA) is 59.0 Å². The van der Waals surface area contributed by atoms with Gasteiger partial charge in [-0.25, -0.2) is 0 Å². The summed E-state index contributed by atoms with van der Waals surface area (Å²) < 4.78 is 11.3. The van der Waals surface area contributed by atoms with Crippen molar-refractivity contribution in [3.63, 3.8) is 0 Å². The molecule has 1 aromatic carbocycles. The van der Waals surface area contributed by atoms with Gasteiger partial charge in [0.1, 0.15) is 18.5 Å². The van der Waals surface area contributed by atoms with Crippen molar-refractivity contribution in [3.05, 3.63) is 29.8 Å². The average Bonchev–Trinajstić information content (AvgIpc) is 2.44. The van der Waals surface area contributed by atoms with Crippen molar-refractivity contribution in [1.82, 2.24) is 4.90 Å². The molecule has 0 radical (unpaired) electrons. The van der Waals surface area contributed by atoms with Crippen LogP contribution in [-0.2, 0) is 4.74 Å². The summed E-state index contributed by atoms with van der Waals surface area (Å²) in [5, 5.41) is 10.1. The molecule has 2 rings (SSSR count). The molecule has 122 valence electrons. The van der Waals surface area contributed by atoms with Gasteiger partial charge < -0.3 is 14.6 Å². The van der Waals surface area contributed by atoms with Crippen LogP contribution in [-0.4, -0.2) is 60.3 Å². The number of ketones is 1. The highest BCUT2D eigenvalue weighted by Gasteiger charge is 2.23. The molecule has 0 spiro atoms. The van der Waals surface area contributed by atoms with E-state index in [0.717, 1.165) is 13.1 Å². The predicted molar refractivity (Wildman–Crippen MR) is 84.4 cm³/mol. The first-order valence-corrected chi connectivity index (χ1v) is 7.73. The Hall–Kier alpha value is -1.43. The van der Waals surface area contributed by atoms with Crippen LogP contribution in [0.25, 0.3) is 0 Å². The number of carbonyl (C=O) groups excluding carboxylic acids is 1. The zero-order valence-electron chi connectivity index (χ0n) is 13.5. The molecule has 0 aromatic heterocycles. The third-order valence-electron chi connectivity index (χ3n) is 3.67. The van der Waals surface area contributed by atoms with Gasteiger partial charge in [0.15, 0.2) is 5.78 Å².